The minimum atomic E-state index is -0.400. The Morgan fingerprint density at radius 2 is 1.91 bits per heavy atom. The molecule has 3 aliphatic carbocycles. The fraction of sp³-hybridized carbons (Fsp3) is 0.944. The number of nitrogens with one attached hydrogen (secondary N) is 1. The Hall–Kier alpha value is -0.770. The van der Waals surface area contributed by atoms with Crippen LogP contribution >= 0.6 is 0 Å². The molecular formula is C18H30N2O2. The lowest BCUT2D eigenvalue weighted by molar-refractivity contribution is -0.00779. The predicted molar refractivity (Wildman–Crippen MR) is 85.7 cm³/mol. The third kappa shape index (κ3) is 2.75. The number of piperidine rings is 1. The summed E-state index contributed by atoms with van der Waals surface area (Å²) >= 11 is 0. The van der Waals surface area contributed by atoms with Crippen LogP contribution in [0.3, 0.4) is 0 Å². The highest BCUT2D eigenvalue weighted by Crippen LogP contribution is 2.63. The summed E-state index contributed by atoms with van der Waals surface area (Å²) < 4.78 is 5.73. The molecule has 1 heterocycles. The summed E-state index contributed by atoms with van der Waals surface area (Å²) in [7, 11) is 0. The third-order valence-electron chi connectivity index (χ3n) is 6.12. The molecule has 0 aromatic heterocycles. The van der Waals surface area contributed by atoms with Crippen LogP contribution in [0.15, 0.2) is 0 Å². The number of hydrogen-bond donors (Lipinski definition) is 1. The van der Waals surface area contributed by atoms with Gasteiger partial charge < -0.3 is 15.0 Å². The molecule has 0 aromatic rings. The zero-order valence-corrected chi connectivity index (χ0v) is 14.3. The van der Waals surface area contributed by atoms with Crippen molar-refractivity contribution >= 4 is 6.09 Å². The van der Waals surface area contributed by atoms with Crippen LogP contribution in [0, 0.1) is 11.3 Å². The molecule has 4 fully saturated rings. The number of carbonyl (C=O) groups excluding carboxylic acids is 1. The van der Waals surface area contributed by atoms with Gasteiger partial charge in [0.15, 0.2) is 0 Å². The second kappa shape index (κ2) is 4.62. The summed E-state index contributed by atoms with van der Waals surface area (Å²) in [5, 5.41) is 3.66. The van der Waals surface area contributed by atoms with Gasteiger partial charge in [0, 0.05) is 19.1 Å². The van der Waals surface area contributed by atoms with E-state index in [9.17, 15) is 4.79 Å². The van der Waals surface area contributed by atoms with Crippen molar-refractivity contribution in [2.45, 2.75) is 82.9 Å². The average molecular weight is 306 g/mol. The lowest BCUT2D eigenvalue weighted by Crippen LogP contribution is -2.52. The monoisotopic (exact) mass is 306 g/mol. The Labute approximate surface area is 134 Å². The SMILES string of the molecule is CC(C)(C)OC(=O)N1CC2(CC2)CC[C@]12C[C@H]2CNC1CC1. The van der Waals surface area contributed by atoms with Crippen LogP contribution in [0.25, 0.3) is 0 Å². The van der Waals surface area contributed by atoms with Gasteiger partial charge in [-0.2, -0.15) is 0 Å². The van der Waals surface area contributed by atoms with Crippen molar-refractivity contribution in [3.05, 3.63) is 0 Å². The van der Waals surface area contributed by atoms with Gasteiger partial charge in [-0.05, 0) is 77.0 Å². The molecule has 3 saturated carbocycles. The van der Waals surface area contributed by atoms with E-state index < -0.39 is 5.60 Å². The van der Waals surface area contributed by atoms with E-state index in [2.05, 4.69) is 10.2 Å². The van der Waals surface area contributed by atoms with Crippen LogP contribution in [-0.2, 0) is 4.74 Å². The molecule has 0 radical (unpaired) electrons. The number of rotatable bonds is 3. The van der Waals surface area contributed by atoms with Gasteiger partial charge in [-0.15, -0.1) is 0 Å². The van der Waals surface area contributed by atoms with Crippen LogP contribution in [0.5, 0.6) is 0 Å². The summed E-state index contributed by atoms with van der Waals surface area (Å²) in [4.78, 5) is 14.9. The van der Waals surface area contributed by atoms with Gasteiger partial charge in [-0.3, -0.25) is 0 Å². The highest BCUT2D eigenvalue weighted by Gasteiger charge is 2.65. The summed E-state index contributed by atoms with van der Waals surface area (Å²) in [6, 6.07) is 0.756. The zero-order chi connectivity index (χ0) is 15.6. The van der Waals surface area contributed by atoms with Gasteiger partial charge in [0.05, 0.1) is 5.54 Å². The Bertz CT molecular complexity index is 476. The maximum absolute atomic E-state index is 12.8. The molecule has 4 rings (SSSR count). The van der Waals surface area contributed by atoms with Crippen molar-refractivity contribution in [1.82, 2.24) is 10.2 Å². The minimum Gasteiger partial charge on any atom is -0.444 e. The fourth-order valence-electron chi connectivity index (χ4n) is 4.20. The topological polar surface area (TPSA) is 41.6 Å². The molecule has 22 heavy (non-hydrogen) atoms. The summed E-state index contributed by atoms with van der Waals surface area (Å²) in [6.07, 6.45) is 8.85. The minimum absolute atomic E-state index is 0.0765. The van der Waals surface area contributed by atoms with E-state index in [0.29, 0.717) is 11.3 Å². The number of hydrogen-bond acceptors (Lipinski definition) is 3. The van der Waals surface area contributed by atoms with Crippen molar-refractivity contribution in [2.75, 3.05) is 13.1 Å². The Balaban J connectivity index is 1.45. The molecule has 1 N–H and O–H groups in total. The molecule has 0 bridgehead atoms. The van der Waals surface area contributed by atoms with E-state index in [1.54, 1.807) is 0 Å². The molecule has 2 atom stereocenters. The number of nitrogens with zero attached hydrogens (tertiary/aromatic N) is 1. The predicted octanol–water partition coefficient (Wildman–Crippen LogP) is 3.31. The highest BCUT2D eigenvalue weighted by molar-refractivity contribution is 5.70. The van der Waals surface area contributed by atoms with E-state index in [1.807, 2.05) is 20.8 Å². The van der Waals surface area contributed by atoms with Crippen molar-refractivity contribution in [2.24, 2.45) is 11.3 Å². The number of ether oxygens (including phenoxy) is 1. The molecule has 0 aromatic carbocycles. The van der Waals surface area contributed by atoms with Crippen molar-refractivity contribution in [1.29, 1.82) is 0 Å². The average Bonchev–Trinajstić information content (AvgIpc) is 3.27. The van der Waals surface area contributed by atoms with Gasteiger partial charge in [-0.1, -0.05) is 0 Å². The van der Waals surface area contributed by atoms with Gasteiger partial charge in [0.1, 0.15) is 5.60 Å². The van der Waals surface area contributed by atoms with Crippen molar-refractivity contribution in [3.8, 4) is 0 Å². The van der Waals surface area contributed by atoms with Crippen LogP contribution in [0.4, 0.5) is 4.79 Å². The molecule has 1 aliphatic heterocycles. The lowest BCUT2D eigenvalue weighted by Gasteiger charge is -2.42. The fourth-order valence-corrected chi connectivity index (χ4v) is 4.20. The van der Waals surface area contributed by atoms with Crippen LogP contribution < -0.4 is 5.32 Å². The van der Waals surface area contributed by atoms with Crippen molar-refractivity contribution in [3.63, 3.8) is 0 Å². The Morgan fingerprint density at radius 1 is 1.23 bits per heavy atom. The number of likely N-dealkylation sites (tertiary alicyclic amines) is 1. The Kier molecular flexibility index (Phi) is 3.11. The van der Waals surface area contributed by atoms with E-state index in [-0.39, 0.29) is 11.6 Å². The first-order chi connectivity index (χ1) is 10.3. The van der Waals surface area contributed by atoms with E-state index in [4.69, 9.17) is 4.74 Å². The van der Waals surface area contributed by atoms with Crippen LogP contribution in [0.1, 0.15) is 65.7 Å². The standard InChI is InChI=1S/C18H30N2O2/c1-16(2,3)22-15(21)20-12-17(6-7-17)8-9-18(20)10-13(18)11-19-14-4-5-14/h13-14,19H,4-12H2,1-3H3/t13-,18+/m0/s1. The highest BCUT2D eigenvalue weighted by atomic mass is 16.6. The summed E-state index contributed by atoms with van der Waals surface area (Å²) in [6.45, 7) is 7.91. The molecular weight excluding hydrogens is 276 g/mol. The molecule has 124 valence electrons. The Morgan fingerprint density at radius 3 is 2.50 bits per heavy atom. The zero-order valence-electron chi connectivity index (χ0n) is 14.3. The molecule has 4 aliphatic rings. The third-order valence-corrected chi connectivity index (χ3v) is 6.12. The smallest absolute Gasteiger partial charge is 0.410 e. The van der Waals surface area contributed by atoms with Crippen molar-refractivity contribution < 1.29 is 9.53 Å². The molecule has 1 amide bonds. The second-order valence-corrected chi connectivity index (χ2v) is 9.25. The second-order valence-electron chi connectivity index (χ2n) is 9.25. The maximum Gasteiger partial charge on any atom is 0.410 e. The van der Waals surface area contributed by atoms with E-state index in [1.165, 1.54) is 44.9 Å². The molecule has 4 heteroatoms. The maximum atomic E-state index is 12.8. The lowest BCUT2D eigenvalue weighted by atomic mass is 9.87. The van der Waals surface area contributed by atoms with E-state index >= 15 is 0 Å². The van der Waals surface area contributed by atoms with Crippen LogP contribution in [0.2, 0.25) is 0 Å². The normalized spacial score (nSPS) is 35.8. The number of amides is 1. The summed E-state index contributed by atoms with van der Waals surface area (Å²) in [5.74, 6) is 0.636. The molecule has 4 nitrogen and oxygen atoms in total. The van der Waals surface area contributed by atoms with Crippen LogP contribution in [-0.4, -0.2) is 41.3 Å². The molecule has 0 unspecified atom stereocenters. The quantitative estimate of drug-likeness (QED) is 0.870. The van der Waals surface area contributed by atoms with Gasteiger partial charge >= 0.3 is 6.09 Å². The molecule has 1 saturated heterocycles. The van der Waals surface area contributed by atoms with Gasteiger partial charge in [0.25, 0.3) is 0 Å². The first-order valence-corrected chi connectivity index (χ1v) is 9.06. The summed E-state index contributed by atoms with van der Waals surface area (Å²) in [5.41, 5.74) is 0.153. The largest absolute Gasteiger partial charge is 0.444 e. The van der Waals surface area contributed by atoms with Gasteiger partial charge in [0.2, 0.25) is 0 Å². The van der Waals surface area contributed by atoms with E-state index in [0.717, 1.165) is 19.1 Å². The molecule has 2 spiro atoms. The first kappa shape index (κ1) is 14.8. The first-order valence-electron chi connectivity index (χ1n) is 9.06. The van der Waals surface area contributed by atoms with Gasteiger partial charge in [-0.25, -0.2) is 4.79 Å². The number of carbonyl (C=O) groups is 1.